The number of hydrogen-bond donors (Lipinski definition) is 0. The molecule has 0 aromatic heterocycles. The van der Waals surface area contributed by atoms with Crippen molar-refractivity contribution >= 4 is 0 Å². The fourth-order valence-electron chi connectivity index (χ4n) is 3.24. The van der Waals surface area contributed by atoms with E-state index in [-0.39, 0.29) is 0 Å². The Morgan fingerprint density at radius 1 is 1.18 bits per heavy atom. The van der Waals surface area contributed by atoms with Crippen molar-refractivity contribution in [3.63, 3.8) is 0 Å². The Morgan fingerprint density at radius 3 is 2.53 bits per heavy atom. The maximum Gasteiger partial charge on any atom is -0.0294 e. The summed E-state index contributed by atoms with van der Waals surface area (Å²) in [5.41, 5.74) is 1.53. The predicted molar refractivity (Wildman–Crippen MR) is 78.3 cm³/mol. The smallest absolute Gasteiger partial charge is 0.0294 e. The van der Waals surface area contributed by atoms with Crippen LogP contribution in [0.15, 0.2) is 12.2 Å². The van der Waals surface area contributed by atoms with E-state index in [0.717, 1.165) is 11.8 Å². The minimum absolute atomic E-state index is 0.919. The Kier molecular flexibility index (Phi) is 7.64. The van der Waals surface area contributed by atoms with Crippen LogP contribution in [-0.2, 0) is 0 Å². The lowest BCUT2D eigenvalue weighted by molar-refractivity contribution is 0.352. The van der Waals surface area contributed by atoms with Gasteiger partial charge in [0.15, 0.2) is 0 Å². The Labute approximate surface area is 109 Å². The summed E-state index contributed by atoms with van der Waals surface area (Å²) in [6, 6.07) is 0. The predicted octanol–water partition coefficient (Wildman–Crippen LogP) is 6.12. The Balaban J connectivity index is 2.04. The molecule has 0 heteroatoms. The molecule has 0 saturated heterocycles. The lowest BCUT2D eigenvalue weighted by atomic mass is 9.84. The van der Waals surface area contributed by atoms with Gasteiger partial charge in [0.05, 0.1) is 0 Å². The monoisotopic (exact) mass is 236 g/mol. The summed E-state index contributed by atoms with van der Waals surface area (Å²) in [4.78, 5) is 0. The summed E-state index contributed by atoms with van der Waals surface area (Å²) in [7, 11) is 0. The van der Waals surface area contributed by atoms with E-state index in [2.05, 4.69) is 20.4 Å². The summed E-state index contributed by atoms with van der Waals surface area (Å²) in [5, 5.41) is 0. The molecule has 0 unspecified atom stereocenters. The van der Waals surface area contributed by atoms with E-state index in [9.17, 15) is 0 Å². The molecule has 1 aliphatic rings. The van der Waals surface area contributed by atoms with E-state index < -0.39 is 0 Å². The second-order valence-electron chi connectivity index (χ2n) is 6.24. The maximum atomic E-state index is 4.29. The average molecular weight is 236 g/mol. The van der Waals surface area contributed by atoms with E-state index in [4.69, 9.17) is 0 Å². The van der Waals surface area contributed by atoms with Crippen molar-refractivity contribution in [2.45, 2.75) is 84.5 Å². The van der Waals surface area contributed by atoms with Crippen molar-refractivity contribution in [1.29, 1.82) is 0 Å². The highest BCUT2D eigenvalue weighted by molar-refractivity contribution is 4.96. The zero-order chi connectivity index (χ0) is 12.5. The van der Waals surface area contributed by atoms with Crippen LogP contribution in [0.1, 0.15) is 84.5 Å². The molecule has 0 N–H and O–H groups in total. The van der Waals surface area contributed by atoms with Gasteiger partial charge in [-0.05, 0) is 31.1 Å². The lowest BCUT2D eigenvalue weighted by Crippen LogP contribution is -2.07. The van der Waals surface area contributed by atoms with Gasteiger partial charge in [-0.15, -0.1) is 0 Å². The average Bonchev–Trinajstić information content (AvgIpc) is 2.30. The molecule has 17 heavy (non-hydrogen) atoms. The third-order valence-electron chi connectivity index (χ3n) is 4.31. The van der Waals surface area contributed by atoms with Crippen molar-refractivity contribution in [1.82, 2.24) is 0 Å². The van der Waals surface area contributed by atoms with E-state index in [1.165, 1.54) is 76.2 Å². The van der Waals surface area contributed by atoms with Crippen molar-refractivity contribution in [2.75, 3.05) is 0 Å². The van der Waals surface area contributed by atoms with Crippen molar-refractivity contribution in [3.8, 4) is 0 Å². The molecule has 1 atom stereocenters. The Bertz CT molecular complexity index is 198. The van der Waals surface area contributed by atoms with E-state index >= 15 is 0 Å². The van der Waals surface area contributed by atoms with E-state index in [1.807, 2.05) is 0 Å². The van der Waals surface area contributed by atoms with Crippen LogP contribution in [0.5, 0.6) is 0 Å². The van der Waals surface area contributed by atoms with Crippen LogP contribution >= 0.6 is 0 Å². The SMILES string of the molecule is C=C(CCC[C@@H](C)CCC)CC1CCCCC1. The molecule has 0 spiro atoms. The van der Waals surface area contributed by atoms with Crippen LogP contribution in [0.4, 0.5) is 0 Å². The molecule has 1 rings (SSSR count). The zero-order valence-electron chi connectivity index (χ0n) is 12.1. The van der Waals surface area contributed by atoms with Gasteiger partial charge in [0.2, 0.25) is 0 Å². The molecule has 0 aliphatic heterocycles. The highest BCUT2D eigenvalue weighted by Gasteiger charge is 2.14. The molecule has 0 heterocycles. The molecular formula is C17H32. The van der Waals surface area contributed by atoms with Gasteiger partial charge in [0, 0.05) is 0 Å². The molecule has 0 aromatic carbocycles. The zero-order valence-corrected chi connectivity index (χ0v) is 12.1. The number of rotatable bonds is 8. The van der Waals surface area contributed by atoms with Crippen LogP contribution in [0.2, 0.25) is 0 Å². The second-order valence-corrected chi connectivity index (χ2v) is 6.24. The minimum Gasteiger partial charge on any atom is -0.0999 e. The Morgan fingerprint density at radius 2 is 1.88 bits per heavy atom. The molecule has 0 aromatic rings. The first-order valence-corrected chi connectivity index (χ1v) is 7.89. The first-order valence-electron chi connectivity index (χ1n) is 7.89. The molecule has 1 fully saturated rings. The van der Waals surface area contributed by atoms with E-state index in [0.29, 0.717) is 0 Å². The normalized spacial score (nSPS) is 19.2. The third-order valence-corrected chi connectivity index (χ3v) is 4.31. The van der Waals surface area contributed by atoms with Crippen LogP contribution in [0, 0.1) is 11.8 Å². The quantitative estimate of drug-likeness (QED) is 0.445. The van der Waals surface area contributed by atoms with Gasteiger partial charge < -0.3 is 0 Å². The van der Waals surface area contributed by atoms with Crippen LogP contribution in [0.3, 0.4) is 0 Å². The fraction of sp³-hybridized carbons (Fsp3) is 0.882. The lowest BCUT2D eigenvalue weighted by Gasteiger charge is -2.22. The largest absolute Gasteiger partial charge is 0.0999 e. The fourth-order valence-corrected chi connectivity index (χ4v) is 3.24. The summed E-state index contributed by atoms with van der Waals surface area (Å²) >= 11 is 0. The van der Waals surface area contributed by atoms with Crippen LogP contribution in [-0.4, -0.2) is 0 Å². The van der Waals surface area contributed by atoms with Crippen molar-refractivity contribution in [3.05, 3.63) is 12.2 Å². The summed E-state index contributed by atoms with van der Waals surface area (Å²) in [6.07, 6.45) is 15.4. The van der Waals surface area contributed by atoms with Crippen molar-refractivity contribution < 1.29 is 0 Å². The maximum absolute atomic E-state index is 4.29. The second kappa shape index (κ2) is 8.78. The van der Waals surface area contributed by atoms with Crippen LogP contribution < -0.4 is 0 Å². The minimum atomic E-state index is 0.919. The summed E-state index contributed by atoms with van der Waals surface area (Å²) < 4.78 is 0. The van der Waals surface area contributed by atoms with Crippen molar-refractivity contribution in [2.24, 2.45) is 11.8 Å². The molecular weight excluding hydrogens is 204 g/mol. The molecule has 100 valence electrons. The Hall–Kier alpha value is -0.260. The molecule has 0 nitrogen and oxygen atoms in total. The van der Waals surface area contributed by atoms with Gasteiger partial charge in [0.25, 0.3) is 0 Å². The van der Waals surface area contributed by atoms with Gasteiger partial charge in [-0.25, -0.2) is 0 Å². The van der Waals surface area contributed by atoms with Gasteiger partial charge in [0.1, 0.15) is 0 Å². The highest BCUT2D eigenvalue weighted by atomic mass is 14.2. The third kappa shape index (κ3) is 6.91. The van der Waals surface area contributed by atoms with E-state index in [1.54, 1.807) is 0 Å². The molecule has 0 amide bonds. The van der Waals surface area contributed by atoms with Gasteiger partial charge in [-0.2, -0.15) is 0 Å². The standard InChI is InChI=1S/C17H32/c1-4-9-15(2)10-8-11-16(3)14-17-12-6-5-7-13-17/h15,17H,3-14H2,1-2H3/t15-/m0/s1. The van der Waals surface area contributed by atoms with Gasteiger partial charge >= 0.3 is 0 Å². The first-order chi connectivity index (χ1) is 8.22. The molecule has 0 radical (unpaired) electrons. The van der Waals surface area contributed by atoms with Crippen LogP contribution in [0.25, 0.3) is 0 Å². The van der Waals surface area contributed by atoms with Gasteiger partial charge in [-0.1, -0.05) is 77.4 Å². The first kappa shape index (κ1) is 14.8. The highest BCUT2D eigenvalue weighted by Crippen LogP contribution is 2.30. The topological polar surface area (TPSA) is 0 Å². The number of allylic oxidation sites excluding steroid dienone is 1. The molecule has 1 saturated carbocycles. The summed E-state index contributed by atoms with van der Waals surface area (Å²) in [5.74, 6) is 1.90. The molecule has 1 aliphatic carbocycles. The summed E-state index contributed by atoms with van der Waals surface area (Å²) in [6.45, 7) is 8.98. The van der Waals surface area contributed by atoms with Gasteiger partial charge in [-0.3, -0.25) is 0 Å². The number of hydrogen-bond acceptors (Lipinski definition) is 0. The molecule has 0 bridgehead atoms.